The van der Waals surface area contributed by atoms with Gasteiger partial charge in [-0.1, -0.05) is 103 Å². The minimum Gasteiger partial charge on any atom is -0.272 e. The van der Waals surface area contributed by atoms with Crippen molar-refractivity contribution in [2.75, 3.05) is 5.75 Å². The zero-order valence-corrected chi connectivity index (χ0v) is 23.1. The molecular weight excluding hydrogens is 534 g/mol. The summed E-state index contributed by atoms with van der Waals surface area (Å²) in [5.74, 6) is 0.670. The van der Waals surface area contributed by atoms with Gasteiger partial charge in [0.2, 0.25) is 0 Å². The number of amides is 1. The topological polar surface area (TPSA) is 72.2 Å². The highest BCUT2D eigenvalue weighted by Crippen LogP contribution is 2.30. The second-order valence-electron chi connectivity index (χ2n) is 9.44. The first-order chi connectivity index (χ1) is 17.2. The highest BCUT2D eigenvalue weighted by Gasteiger charge is 2.19. The van der Waals surface area contributed by atoms with Crippen LogP contribution in [0.25, 0.3) is 17.1 Å². The fourth-order valence-corrected chi connectivity index (χ4v) is 4.49. The SMILES string of the molecule is Cc1ccc(-n2c(SCC(=O)N/N=C/c3ccc(Br)cc3)nnc2-c2ccc(C(C)(C)C)cc2)cc1. The molecule has 4 aromatic rings. The molecule has 1 N–H and O–H groups in total. The van der Waals surface area contributed by atoms with Gasteiger partial charge in [-0.3, -0.25) is 9.36 Å². The molecule has 0 saturated carbocycles. The molecule has 1 heterocycles. The number of hydrazone groups is 1. The van der Waals surface area contributed by atoms with Crippen molar-refractivity contribution in [1.82, 2.24) is 20.2 Å². The van der Waals surface area contributed by atoms with E-state index in [4.69, 9.17) is 0 Å². The molecule has 1 amide bonds. The Labute approximate surface area is 224 Å². The molecule has 6 nitrogen and oxygen atoms in total. The molecule has 0 radical (unpaired) electrons. The van der Waals surface area contributed by atoms with Crippen LogP contribution in [0.15, 0.2) is 87.5 Å². The van der Waals surface area contributed by atoms with E-state index in [0.29, 0.717) is 5.16 Å². The van der Waals surface area contributed by atoms with Gasteiger partial charge in [0.1, 0.15) is 0 Å². The Kier molecular flexibility index (Phi) is 8.06. The van der Waals surface area contributed by atoms with E-state index < -0.39 is 0 Å². The van der Waals surface area contributed by atoms with E-state index in [-0.39, 0.29) is 17.1 Å². The summed E-state index contributed by atoms with van der Waals surface area (Å²) in [6, 6.07) is 24.3. The number of rotatable bonds is 7. The summed E-state index contributed by atoms with van der Waals surface area (Å²) >= 11 is 4.73. The van der Waals surface area contributed by atoms with Gasteiger partial charge >= 0.3 is 0 Å². The van der Waals surface area contributed by atoms with Gasteiger partial charge in [-0.2, -0.15) is 5.10 Å². The van der Waals surface area contributed by atoms with Crippen LogP contribution >= 0.6 is 27.7 Å². The largest absolute Gasteiger partial charge is 0.272 e. The molecule has 4 rings (SSSR count). The van der Waals surface area contributed by atoms with Gasteiger partial charge in [-0.05, 0) is 47.7 Å². The van der Waals surface area contributed by atoms with E-state index in [0.717, 1.165) is 27.1 Å². The van der Waals surface area contributed by atoms with Crippen LogP contribution < -0.4 is 5.43 Å². The zero-order chi connectivity index (χ0) is 25.7. The lowest BCUT2D eigenvalue weighted by molar-refractivity contribution is -0.118. The van der Waals surface area contributed by atoms with Crippen LogP contribution in [0.3, 0.4) is 0 Å². The Morgan fingerprint density at radius 3 is 2.31 bits per heavy atom. The fraction of sp³-hybridized carbons (Fsp3) is 0.214. The number of aromatic nitrogens is 3. The highest BCUT2D eigenvalue weighted by atomic mass is 79.9. The number of aryl methyl sites for hydroxylation is 1. The van der Waals surface area contributed by atoms with Gasteiger partial charge in [-0.15, -0.1) is 10.2 Å². The van der Waals surface area contributed by atoms with Crippen molar-refractivity contribution >= 4 is 39.8 Å². The first-order valence-electron chi connectivity index (χ1n) is 11.5. The van der Waals surface area contributed by atoms with Gasteiger partial charge in [-0.25, -0.2) is 5.43 Å². The summed E-state index contributed by atoms with van der Waals surface area (Å²) in [5, 5.41) is 13.6. The van der Waals surface area contributed by atoms with Crippen LogP contribution in [-0.4, -0.2) is 32.6 Å². The molecule has 0 atom stereocenters. The van der Waals surface area contributed by atoms with E-state index >= 15 is 0 Å². The lowest BCUT2D eigenvalue weighted by Crippen LogP contribution is -2.20. The highest BCUT2D eigenvalue weighted by molar-refractivity contribution is 9.10. The molecule has 184 valence electrons. The Bertz CT molecular complexity index is 1360. The first kappa shape index (κ1) is 25.9. The molecule has 0 spiro atoms. The van der Waals surface area contributed by atoms with Crippen LogP contribution in [0.1, 0.15) is 37.5 Å². The van der Waals surface area contributed by atoms with Crippen molar-refractivity contribution in [2.24, 2.45) is 5.10 Å². The van der Waals surface area contributed by atoms with Crippen LogP contribution in [0.4, 0.5) is 0 Å². The summed E-state index contributed by atoms with van der Waals surface area (Å²) in [5.41, 5.74) is 7.87. The predicted octanol–water partition coefficient (Wildman–Crippen LogP) is 6.55. The number of hydrogen-bond acceptors (Lipinski definition) is 5. The number of nitrogens with zero attached hydrogens (tertiary/aromatic N) is 4. The number of carbonyl (C=O) groups excluding carboxylic acids is 1. The van der Waals surface area contributed by atoms with Crippen molar-refractivity contribution in [2.45, 2.75) is 38.3 Å². The number of benzene rings is 3. The third-order valence-electron chi connectivity index (χ3n) is 5.54. The molecule has 0 bridgehead atoms. The lowest BCUT2D eigenvalue weighted by atomic mass is 9.87. The molecular formula is C28H28BrN5OS. The van der Waals surface area contributed by atoms with Crippen LogP contribution in [0.5, 0.6) is 0 Å². The Hall–Kier alpha value is -3.23. The average Bonchev–Trinajstić information content (AvgIpc) is 3.28. The summed E-state index contributed by atoms with van der Waals surface area (Å²) in [6.45, 7) is 8.63. The predicted molar refractivity (Wildman–Crippen MR) is 151 cm³/mol. The Morgan fingerprint density at radius 1 is 1.00 bits per heavy atom. The maximum absolute atomic E-state index is 12.5. The van der Waals surface area contributed by atoms with Crippen LogP contribution in [0, 0.1) is 6.92 Å². The normalized spacial score (nSPS) is 11.7. The van der Waals surface area contributed by atoms with E-state index in [1.165, 1.54) is 22.9 Å². The standard InChI is InChI=1S/C28H28BrN5OS/c1-19-5-15-24(16-6-19)34-26(21-9-11-22(12-10-21)28(2,3)4)32-33-27(34)36-18-25(35)31-30-17-20-7-13-23(29)14-8-20/h5-17H,18H2,1-4H3,(H,31,35)/b30-17+. The molecule has 0 aliphatic carbocycles. The van der Waals surface area contributed by atoms with Gasteiger partial charge in [0.05, 0.1) is 12.0 Å². The van der Waals surface area contributed by atoms with E-state index in [2.05, 4.69) is 101 Å². The Morgan fingerprint density at radius 2 is 1.67 bits per heavy atom. The zero-order valence-electron chi connectivity index (χ0n) is 20.7. The Balaban J connectivity index is 1.53. The molecule has 0 saturated heterocycles. The van der Waals surface area contributed by atoms with Crippen LogP contribution in [-0.2, 0) is 10.2 Å². The molecule has 1 aromatic heterocycles. The number of thioether (sulfide) groups is 1. The van der Waals surface area contributed by atoms with Crippen molar-refractivity contribution in [3.8, 4) is 17.1 Å². The van der Waals surface area contributed by atoms with Gasteiger partial charge < -0.3 is 0 Å². The smallest absolute Gasteiger partial charge is 0.250 e. The molecule has 0 unspecified atom stereocenters. The molecule has 0 fully saturated rings. The lowest BCUT2D eigenvalue weighted by Gasteiger charge is -2.19. The molecule has 8 heteroatoms. The first-order valence-corrected chi connectivity index (χ1v) is 13.3. The summed E-state index contributed by atoms with van der Waals surface area (Å²) in [6.07, 6.45) is 1.61. The fourth-order valence-electron chi connectivity index (χ4n) is 3.49. The molecule has 0 aliphatic heterocycles. The summed E-state index contributed by atoms with van der Waals surface area (Å²) in [7, 11) is 0. The number of halogens is 1. The van der Waals surface area contributed by atoms with Gasteiger partial charge in [0.25, 0.3) is 5.91 Å². The molecule has 3 aromatic carbocycles. The summed E-state index contributed by atoms with van der Waals surface area (Å²) in [4.78, 5) is 12.5. The third-order valence-corrected chi connectivity index (χ3v) is 7.00. The number of hydrogen-bond donors (Lipinski definition) is 1. The monoisotopic (exact) mass is 561 g/mol. The third kappa shape index (κ3) is 6.50. The number of carbonyl (C=O) groups is 1. The van der Waals surface area contributed by atoms with Crippen LogP contribution in [0.2, 0.25) is 0 Å². The minimum absolute atomic E-state index is 0.0668. The maximum Gasteiger partial charge on any atom is 0.250 e. The quantitative estimate of drug-likeness (QED) is 0.158. The van der Waals surface area contributed by atoms with Crippen molar-refractivity contribution in [3.05, 3.63) is 94.0 Å². The minimum atomic E-state index is -0.220. The van der Waals surface area contributed by atoms with E-state index in [1.54, 1.807) is 6.21 Å². The summed E-state index contributed by atoms with van der Waals surface area (Å²) < 4.78 is 2.98. The van der Waals surface area contributed by atoms with Crippen molar-refractivity contribution < 1.29 is 4.79 Å². The van der Waals surface area contributed by atoms with Gasteiger partial charge in [0.15, 0.2) is 11.0 Å². The van der Waals surface area contributed by atoms with Gasteiger partial charge in [0, 0.05) is 15.7 Å². The van der Waals surface area contributed by atoms with Crippen molar-refractivity contribution in [1.29, 1.82) is 0 Å². The van der Waals surface area contributed by atoms with E-state index in [1.807, 2.05) is 41.0 Å². The van der Waals surface area contributed by atoms with E-state index in [9.17, 15) is 4.79 Å². The van der Waals surface area contributed by atoms with Crippen molar-refractivity contribution in [3.63, 3.8) is 0 Å². The second kappa shape index (κ2) is 11.2. The number of nitrogens with one attached hydrogen (secondary N) is 1. The second-order valence-corrected chi connectivity index (χ2v) is 11.3. The molecule has 0 aliphatic rings. The average molecular weight is 563 g/mol. The molecule has 36 heavy (non-hydrogen) atoms. The maximum atomic E-state index is 12.5.